The van der Waals surface area contributed by atoms with Gasteiger partial charge in [0.05, 0.1) is 31.9 Å². The maximum atomic E-state index is 12.7. The monoisotopic (exact) mass is 391 g/mol. The van der Waals surface area contributed by atoms with Crippen molar-refractivity contribution in [2.75, 3.05) is 38.7 Å². The topological polar surface area (TPSA) is 117 Å². The number of benzene rings is 1. The van der Waals surface area contributed by atoms with Crippen LogP contribution in [0.4, 0.5) is 10.5 Å². The number of amides is 3. The SMILES string of the molecule is COc1ccc(C(=O)N2CCOCC2)cc1NC(=O)N[C@@H]1CC[C@H](C(=O)O)C1. The lowest BCUT2D eigenvalue weighted by Crippen LogP contribution is -2.40. The van der Waals surface area contributed by atoms with E-state index in [-0.39, 0.29) is 11.9 Å². The van der Waals surface area contributed by atoms with Gasteiger partial charge in [-0.3, -0.25) is 9.59 Å². The number of carboxylic acid groups (broad SMARTS) is 1. The lowest BCUT2D eigenvalue weighted by molar-refractivity contribution is -0.141. The van der Waals surface area contributed by atoms with Gasteiger partial charge in [0.25, 0.3) is 5.91 Å². The molecular weight excluding hydrogens is 366 g/mol. The van der Waals surface area contributed by atoms with Gasteiger partial charge in [0.15, 0.2) is 0 Å². The van der Waals surface area contributed by atoms with Gasteiger partial charge in [-0.1, -0.05) is 0 Å². The van der Waals surface area contributed by atoms with Crippen LogP contribution in [0.2, 0.25) is 0 Å². The largest absolute Gasteiger partial charge is 0.495 e. The molecule has 0 aromatic heterocycles. The van der Waals surface area contributed by atoms with E-state index in [0.717, 1.165) is 0 Å². The Labute approximate surface area is 163 Å². The molecule has 2 fully saturated rings. The first-order valence-corrected chi connectivity index (χ1v) is 9.33. The molecule has 3 rings (SSSR count). The van der Waals surface area contributed by atoms with Crippen molar-refractivity contribution in [2.45, 2.75) is 25.3 Å². The van der Waals surface area contributed by atoms with E-state index >= 15 is 0 Å². The van der Waals surface area contributed by atoms with Crippen LogP contribution in [-0.4, -0.2) is 67.4 Å². The van der Waals surface area contributed by atoms with E-state index in [0.29, 0.717) is 62.6 Å². The minimum absolute atomic E-state index is 0.130. The van der Waals surface area contributed by atoms with E-state index in [1.165, 1.54) is 7.11 Å². The van der Waals surface area contributed by atoms with Crippen LogP contribution in [0, 0.1) is 5.92 Å². The highest BCUT2D eigenvalue weighted by Crippen LogP contribution is 2.28. The summed E-state index contributed by atoms with van der Waals surface area (Å²) in [7, 11) is 1.48. The van der Waals surface area contributed by atoms with E-state index in [1.54, 1.807) is 23.1 Å². The maximum Gasteiger partial charge on any atom is 0.319 e. The van der Waals surface area contributed by atoms with E-state index in [4.69, 9.17) is 14.6 Å². The molecule has 9 heteroatoms. The Kier molecular flexibility index (Phi) is 6.35. The Hall–Kier alpha value is -2.81. The number of anilines is 1. The third kappa shape index (κ3) is 4.72. The van der Waals surface area contributed by atoms with Crippen molar-refractivity contribution in [1.82, 2.24) is 10.2 Å². The lowest BCUT2D eigenvalue weighted by atomic mass is 10.1. The number of hydrogen-bond donors (Lipinski definition) is 3. The van der Waals surface area contributed by atoms with Crippen molar-refractivity contribution in [3.05, 3.63) is 23.8 Å². The van der Waals surface area contributed by atoms with Crippen molar-refractivity contribution in [1.29, 1.82) is 0 Å². The number of carbonyl (C=O) groups excluding carboxylic acids is 2. The zero-order valence-electron chi connectivity index (χ0n) is 15.8. The molecule has 1 aliphatic heterocycles. The summed E-state index contributed by atoms with van der Waals surface area (Å²) in [5.41, 5.74) is 0.830. The van der Waals surface area contributed by atoms with Gasteiger partial charge in [-0.25, -0.2) is 4.79 Å². The molecule has 3 amide bonds. The maximum absolute atomic E-state index is 12.7. The van der Waals surface area contributed by atoms with Crippen molar-refractivity contribution >= 4 is 23.6 Å². The summed E-state index contributed by atoms with van der Waals surface area (Å²) in [4.78, 5) is 37.8. The van der Waals surface area contributed by atoms with Crippen molar-refractivity contribution < 1.29 is 29.0 Å². The molecule has 28 heavy (non-hydrogen) atoms. The molecule has 152 valence electrons. The smallest absolute Gasteiger partial charge is 0.319 e. The normalized spacial score (nSPS) is 21.8. The Morgan fingerprint density at radius 2 is 1.96 bits per heavy atom. The number of carbonyl (C=O) groups is 3. The molecule has 0 radical (unpaired) electrons. The summed E-state index contributed by atoms with van der Waals surface area (Å²) < 4.78 is 10.5. The van der Waals surface area contributed by atoms with Gasteiger partial charge in [-0.05, 0) is 37.5 Å². The zero-order chi connectivity index (χ0) is 20.1. The second-order valence-corrected chi connectivity index (χ2v) is 6.96. The van der Waals surface area contributed by atoms with Gasteiger partial charge in [0.2, 0.25) is 0 Å². The molecule has 1 saturated carbocycles. The first-order valence-electron chi connectivity index (χ1n) is 9.33. The highest BCUT2D eigenvalue weighted by Gasteiger charge is 2.30. The molecule has 2 atom stereocenters. The number of ether oxygens (including phenoxy) is 2. The van der Waals surface area contributed by atoms with Gasteiger partial charge in [-0.15, -0.1) is 0 Å². The predicted molar refractivity (Wildman–Crippen MR) is 101 cm³/mol. The van der Waals surface area contributed by atoms with Crippen LogP contribution in [0.15, 0.2) is 18.2 Å². The Bertz CT molecular complexity index is 747. The third-order valence-corrected chi connectivity index (χ3v) is 5.11. The van der Waals surface area contributed by atoms with Crippen molar-refractivity contribution in [2.24, 2.45) is 5.92 Å². The fourth-order valence-electron chi connectivity index (χ4n) is 3.57. The predicted octanol–water partition coefficient (Wildman–Crippen LogP) is 1.54. The van der Waals surface area contributed by atoms with Gasteiger partial charge < -0.3 is 30.1 Å². The van der Waals surface area contributed by atoms with Crippen molar-refractivity contribution in [3.8, 4) is 5.75 Å². The van der Waals surface area contributed by atoms with Crippen LogP contribution in [0.25, 0.3) is 0 Å². The van der Waals surface area contributed by atoms with Crippen LogP contribution in [-0.2, 0) is 9.53 Å². The van der Waals surface area contributed by atoms with Gasteiger partial charge >= 0.3 is 12.0 Å². The minimum atomic E-state index is -0.833. The highest BCUT2D eigenvalue weighted by atomic mass is 16.5. The molecule has 3 N–H and O–H groups in total. The number of methoxy groups -OCH3 is 1. The van der Waals surface area contributed by atoms with E-state index in [9.17, 15) is 14.4 Å². The molecule has 2 aliphatic rings. The Morgan fingerprint density at radius 3 is 2.61 bits per heavy atom. The van der Waals surface area contributed by atoms with Crippen LogP contribution in [0.1, 0.15) is 29.6 Å². The second kappa shape index (κ2) is 8.92. The second-order valence-electron chi connectivity index (χ2n) is 6.96. The summed E-state index contributed by atoms with van der Waals surface area (Å²) in [5, 5.41) is 14.6. The third-order valence-electron chi connectivity index (χ3n) is 5.11. The molecule has 1 saturated heterocycles. The van der Waals surface area contributed by atoms with Crippen LogP contribution in [0.3, 0.4) is 0 Å². The molecule has 1 aromatic carbocycles. The quantitative estimate of drug-likeness (QED) is 0.701. The van der Waals surface area contributed by atoms with Gasteiger partial charge in [0, 0.05) is 24.7 Å². The first kappa shape index (κ1) is 19.9. The van der Waals surface area contributed by atoms with E-state index < -0.39 is 17.9 Å². The zero-order valence-corrected chi connectivity index (χ0v) is 15.8. The number of hydrogen-bond acceptors (Lipinski definition) is 5. The molecule has 0 unspecified atom stereocenters. The fraction of sp³-hybridized carbons (Fsp3) is 0.526. The number of carboxylic acids is 1. The van der Waals surface area contributed by atoms with Crippen LogP contribution in [0.5, 0.6) is 5.75 Å². The number of morpholine rings is 1. The molecule has 1 aliphatic carbocycles. The van der Waals surface area contributed by atoms with Gasteiger partial charge in [0.1, 0.15) is 5.75 Å². The minimum Gasteiger partial charge on any atom is -0.495 e. The lowest BCUT2D eigenvalue weighted by Gasteiger charge is -2.27. The fourth-order valence-corrected chi connectivity index (χ4v) is 3.57. The van der Waals surface area contributed by atoms with E-state index in [1.807, 2.05) is 0 Å². The molecule has 9 nitrogen and oxygen atoms in total. The molecule has 0 spiro atoms. The molecule has 1 aromatic rings. The summed E-state index contributed by atoms with van der Waals surface area (Å²) in [6.07, 6.45) is 1.58. The number of nitrogens with one attached hydrogen (secondary N) is 2. The first-order chi connectivity index (χ1) is 13.5. The summed E-state index contributed by atoms with van der Waals surface area (Å²) in [6, 6.07) is 4.24. The summed E-state index contributed by atoms with van der Waals surface area (Å²) in [6.45, 7) is 2.07. The number of urea groups is 1. The molecule has 0 bridgehead atoms. The number of rotatable bonds is 5. The number of aliphatic carboxylic acids is 1. The van der Waals surface area contributed by atoms with Gasteiger partial charge in [-0.2, -0.15) is 0 Å². The summed E-state index contributed by atoms with van der Waals surface area (Å²) >= 11 is 0. The Balaban J connectivity index is 1.65. The average molecular weight is 391 g/mol. The Morgan fingerprint density at radius 1 is 1.21 bits per heavy atom. The van der Waals surface area contributed by atoms with E-state index in [2.05, 4.69) is 10.6 Å². The average Bonchev–Trinajstić information content (AvgIpc) is 3.16. The molecule has 1 heterocycles. The molecular formula is C19H25N3O6. The summed E-state index contributed by atoms with van der Waals surface area (Å²) in [5.74, 6) is -0.951. The van der Waals surface area contributed by atoms with Crippen molar-refractivity contribution in [3.63, 3.8) is 0 Å². The number of nitrogens with zero attached hydrogens (tertiary/aromatic N) is 1. The van der Waals surface area contributed by atoms with Crippen LogP contribution >= 0.6 is 0 Å². The highest BCUT2D eigenvalue weighted by molar-refractivity contribution is 5.98. The standard InChI is InChI=1S/C19H25N3O6/c1-27-16-5-3-12(17(23)22-6-8-28-9-7-22)11-15(16)21-19(26)20-14-4-2-13(10-14)18(24)25/h3,5,11,13-14H,2,4,6-10H2,1H3,(H,24,25)(H2,20,21,26)/t13-,14+/m0/s1. The van der Waals surface area contributed by atoms with Crippen LogP contribution < -0.4 is 15.4 Å².